The van der Waals surface area contributed by atoms with Gasteiger partial charge in [0.05, 0.1) is 33.8 Å². The number of hydrogen-bond acceptors (Lipinski definition) is 5. The van der Waals surface area contributed by atoms with Gasteiger partial charge in [0.1, 0.15) is 0 Å². The fraction of sp³-hybridized carbons (Fsp3) is 0.281. The van der Waals surface area contributed by atoms with Crippen molar-refractivity contribution in [2.75, 3.05) is 0 Å². The zero-order valence-electron chi connectivity index (χ0n) is 39.2. The van der Waals surface area contributed by atoms with Crippen LogP contribution in [0.4, 0.5) is 0 Å². The van der Waals surface area contributed by atoms with Crippen molar-refractivity contribution in [2.24, 2.45) is 0 Å². The van der Waals surface area contributed by atoms with E-state index in [1.807, 2.05) is 18.2 Å². The molecular formula is C57H58GaN7. The minimum Gasteiger partial charge on any atom is -0.364 e. The second-order valence-corrected chi connectivity index (χ2v) is 14.8. The Bertz CT molecular complexity index is 2760. The standard InChI is InChI=1S/C36H46N4.3C7H4N.Ga/c1-9-22-21-33-26(13-5)31-18-17-29(37-31)25(12-4)30-19-20-32(38-30)27(14-6)35-23(10-2)24(11-3)36(40(35)16-8)28(15-7)34(22)39-33;3*1-2-7-5-3-4-6-8-7;/h17-21,37H,9-16H2,1-8H3;3*3-6H;/q;3*-1;+3. The molecule has 0 fully saturated rings. The molecule has 1 N–H and O–H groups in total. The molecule has 324 valence electrons. The average molecular weight is 911 g/mol. The van der Waals surface area contributed by atoms with Crippen molar-refractivity contribution in [1.29, 1.82) is 0 Å². The van der Waals surface area contributed by atoms with E-state index in [0.717, 1.165) is 79.6 Å². The Morgan fingerprint density at radius 1 is 0.477 bits per heavy atom. The Morgan fingerprint density at radius 2 is 0.892 bits per heavy atom. The van der Waals surface area contributed by atoms with Gasteiger partial charge in [0, 0.05) is 58.4 Å². The molecule has 0 saturated carbocycles. The van der Waals surface area contributed by atoms with Crippen LogP contribution in [0.3, 0.4) is 0 Å². The maximum Gasteiger partial charge on any atom is 3.00 e. The van der Waals surface area contributed by atoms with Crippen LogP contribution in [0.2, 0.25) is 0 Å². The number of aromatic nitrogens is 7. The number of pyridine rings is 3. The minimum absolute atomic E-state index is 0. The van der Waals surface area contributed by atoms with Crippen molar-refractivity contribution in [3.8, 4) is 17.8 Å². The van der Waals surface area contributed by atoms with E-state index >= 15 is 0 Å². The van der Waals surface area contributed by atoms with Gasteiger partial charge in [0.15, 0.2) is 0 Å². The molecule has 7 nitrogen and oxygen atoms in total. The normalized spacial score (nSPS) is 10.8. The first kappa shape index (κ1) is 51.0. The van der Waals surface area contributed by atoms with Gasteiger partial charge < -0.3 is 43.8 Å². The number of hydrogen-bond donors (Lipinski definition) is 1. The second-order valence-electron chi connectivity index (χ2n) is 14.8. The van der Waals surface area contributed by atoms with Crippen molar-refractivity contribution in [3.63, 3.8) is 0 Å². The molecule has 0 atom stereocenters. The molecule has 0 aromatic carbocycles. The maximum absolute atomic E-state index is 6.63. The van der Waals surface area contributed by atoms with Crippen LogP contribution in [0, 0.1) is 37.0 Å². The molecule has 0 amide bonds. The van der Waals surface area contributed by atoms with Crippen molar-refractivity contribution in [2.45, 2.75) is 107 Å². The van der Waals surface area contributed by atoms with Crippen LogP contribution in [-0.4, -0.2) is 54.3 Å². The second kappa shape index (κ2) is 25.6. The molecule has 6 aromatic rings. The zero-order valence-corrected chi connectivity index (χ0v) is 41.7. The van der Waals surface area contributed by atoms with Gasteiger partial charge in [-0.15, -0.1) is 18.2 Å². The number of fused-ring (bicyclic) bond motifs is 8. The number of aromatic amines is 1. The Kier molecular flexibility index (Phi) is 20.1. The topological polar surface area (TPSA) is 85.2 Å². The molecule has 6 aromatic heterocycles. The summed E-state index contributed by atoms with van der Waals surface area (Å²) in [4.78, 5) is 25.9. The molecule has 2 aliphatic heterocycles. The van der Waals surface area contributed by atoms with Gasteiger partial charge in [-0.2, -0.15) is 0 Å². The van der Waals surface area contributed by atoms with E-state index in [-0.39, 0.29) is 19.8 Å². The summed E-state index contributed by atoms with van der Waals surface area (Å²) in [6, 6.07) is 20.5. The monoisotopic (exact) mass is 909 g/mol. The summed E-state index contributed by atoms with van der Waals surface area (Å²) >= 11 is 0. The smallest absolute Gasteiger partial charge is 0.364 e. The van der Waals surface area contributed by atoms with Crippen molar-refractivity contribution in [1.82, 2.24) is 34.5 Å². The van der Waals surface area contributed by atoms with E-state index in [4.69, 9.17) is 29.2 Å². The summed E-state index contributed by atoms with van der Waals surface area (Å²) in [6.07, 6.45) is 38.4. The Hall–Kier alpha value is -6.63. The molecule has 0 spiro atoms. The third kappa shape index (κ3) is 11.9. The largest absolute Gasteiger partial charge is 3.00 e. The first-order chi connectivity index (χ1) is 31.3. The maximum atomic E-state index is 6.63. The molecule has 8 heterocycles. The van der Waals surface area contributed by atoms with Crippen LogP contribution in [0.1, 0.15) is 135 Å². The predicted molar refractivity (Wildman–Crippen MR) is 271 cm³/mol. The summed E-state index contributed by atoms with van der Waals surface area (Å²) in [6.45, 7) is 19.2. The fourth-order valence-corrected chi connectivity index (χ4v) is 8.33. The van der Waals surface area contributed by atoms with Gasteiger partial charge in [-0.05, 0) is 134 Å². The number of aryl methyl sites for hydroxylation is 7. The number of nitrogens with one attached hydrogen (secondary N) is 1. The molecule has 0 radical (unpaired) electrons. The molecule has 8 rings (SSSR count). The van der Waals surface area contributed by atoms with E-state index in [1.165, 1.54) is 55.7 Å². The zero-order chi connectivity index (χ0) is 46.0. The number of nitrogens with zero attached hydrogens (tertiary/aromatic N) is 6. The van der Waals surface area contributed by atoms with Crippen LogP contribution in [0.5, 0.6) is 0 Å². The number of H-pyrrole nitrogens is 1. The molecule has 8 bridgehead atoms. The average Bonchev–Trinajstić information content (AvgIpc) is 4.18. The Labute approximate surface area is 400 Å². The first-order valence-corrected chi connectivity index (χ1v) is 22.5. The summed E-state index contributed by atoms with van der Waals surface area (Å²) in [5, 5.41) is 0. The Morgan fingerprint density at radius 3 is 1.25 bits per heavy atom. The van der Waals surface area contributed by atoms with Crippen LogP contribution in [0.25, 0.3) is 45.9 Å². The van der Waals surface area contributed by atoms with Crippen LogP contribution >= 0.6 is 0 Å². The predicted octanol–water partition coefficient (Wildman–Crippen LogP) is 12.0. The third-order valence-electron chi connectivity index (χ3n) is 11.3. The molecule has 65 heavy (non-hydrogen) atoms. The van der Waals surface area contributed by atoms with Gasteiger partial charge in [0.25, 0.3) is 0 Å². The van der Waals surface area contributed by atoms with Crippen LogP contribution in [-0.2, 0) is 45.1 Å². The van der Waals surface area contributed by atoms with Crippen molar-refractivity contribution in [3.05, 3.63) is 178 Å². The summed E-state index contributed by atoms with van der Waals surface area (Å²) in [5.41, 5.74) is 20.9. The van der Waals surface area contributed by atoms with E-state index < -0.39 is 0 Å². The number of allylic oxidation sites excluding steroid dienone is 1. The van der Waals surface area contributed by atoms with Gasteiger partial charge in [-0.1, -0.05) is 66.7 Å². The molecule has 0 unspecified atom stereocenters. The molecular weight excluding hydrogens is 852 g/mol. The molecule has 8 heteroatoms. The van der Waals surface area contributed by atoms with Crippen molar-refractivity contribution < 1.29 is 0 Å². The van der Waals surface area contributed by atoms with E-state index in [1.54, 1.807) is 55.0 Å². The van der Waals surface area contributed by atoms with E-state index in [0.29, 0.717) is 17.1 Å². The van der Waals surface area contributed by atoms with E-state index in [9.17, 15) is 0 Å². The van der Waals surface area contributed by atoms with Gasteiger partial charge in [-0.25, -0.2) is 9.97 Å². The molecule has 2 aliphatic rings. The number of rotatable bonds is 8. The van der Waals surface area contributed by atoms with Gasteiger partial charge >= 0.3 is 19.8 Å². The van der Waals surface area contributed by atoms with E-state index in [2.05, 4.69) is 128 Å². The summed E-state index contributed by atoms with van der Waals surface area (Å²) in [7, 11) is 0. The SMILES string of the molecule is CCC1=Cc2nc1c(CC)c1c(CC)c(CC)c(c(CC)c3nc(c(CC)c4ccc([nH]4)c2CC)C=C3)n1CC.[C-]#Cc1ccccn1.[C-]#Cc1ccccn1.[C-]#Cc1ccccn1.[Ga+3]. The molecule has 0 saturated heterocycles. The van der Waals surface area contributed by atoms with Gasteiger partial charge in [-0.3, -0.25) is 17.8 Å². The van der Waals surface area contributed by atoms with Crippen LogP contribution in [0.15, 0.2) is 85.3 Å². The van der Waals surface area contributed by atoms with Crippen molar-refractivity contribution >= 4 is 65.7 Å². The first-order valence-electron chi connectivity index (χ1n) is 22.5. The Balaban J connectivity index is 0.000000297. The summed E-state index contributed by atoms with van der Waals surface area (Å²) in [5.74, 6) is 6.50. The summed E-state index contributed by atoms with van der Waals surface area (Å²) < 4.78 is 2.61. The quantitative estimate of drug-likeness (QED) is 0.0933. The van der Waals surface area contributed by atoms with Gasteiger partial charge in [0.2, 0.25) is 0 Å². The molecule has 0 aliphatic carbocycles. The fourth-order valence-electron chi connectivity index (χ4n) is 8.33. The third-order valence-corrected chi connectivity index (χ3v) is 11.3. The minimum atomic E-state index is 0. The van der Waals surface area contributed by atoms with Crippen LogP contribution < -0.4 is 0 Å².